The van der Waals surface area contributed by atoms with Gasteiger partial charge in [-0.2, -0.15) is 0 Å². The molecule has 9 nitrogen and oxygen atoms in total. The Hall–Kier alpha value is -3.10. The lowest BCUT2D eigenvalue weighted by atomic mass is 10.1. The van der Waals surface area contributed by atoms with Crippen LogP contribution in [0.1, 0.15) is 5.56 Å². The molecule has 2 aromatic rings. The van der Waals surface area contributed by atoms with E-state index in [4.69, 9.17) is 4.74 Å². The average Bonchev–Trinajstić information content (AvgIpc) is 3.01. The molecule has 9 heteroatoms. The number of carbonyl (C=O) groups excluding carboxylic acids is 2. The lowest BCUT2D eigenvalue weighted by Gasteiger charge is -2.06. The normalized spacial score (nSPS) is 10.1. The first-order valence-electron chi connectivity index (χ1n) is 7.25. The summed E-state index contributed by atoms with van der Waals surface area (Å²) in [6, 6.07) is 7.67. The van der Waals surface area contributed by atoms with E-state index in [1.54, 1.807) is 7.11 Å². The van der Waals surface area contributed by atoms with Crippen molar-refractivity contribution >= 4 is 17.8 Å². The van der Waals surface area contributed by atoms with Crippen LogP contribution in [0.2, 0.25) is 0 Å². The number of carbonyl (C=O) groups is 2. The fourth-order valence-electron chi connectivity index (χ4n) is 1.97. The van der Waals surface area contributed by atoms with Crippen LogP contribution in [0.25, 0.3) is 0 Å². The molecular weight excluding hydrogens is 314 g/mol. The number of benzene rings is 1. The Balaban J connectivity index is 1.76. The van der Waals surface area contributed by atoms with E-state index in [0.29, 0.717) is 13.0 Å². The zero-order valence-corrected chi connectivity index (χ0v) is 13.5. The summed E-state index contributed by atoms with van der Waals surface area (Å²) in [5, 5.41) is 12.6. The molecule has 1 heterocycles. The molecule has 0 aliphatic heterocycles. The highest BCUT2D eigenvalue weighted by Gasteiger charge is 2.08. The van der Waals surface area contributed by atoms with Gasteiger partial charge in [-0.15, -0.1) is 5.10 Å². The summed E-state index contributed by atoms with van der Waals surface area (Å²) in [6.45, 7) is 0.502. The van der Waals surface area contributed by atoms with Crippen LogP contribution in [0.3, 0.4) is 0 Å². The Labute approximate surface area is 138 Å². The molecule has 1 aromatic heterocycles. The molecule has 0 aliphatic carbocycles. The van der Waals surface area contributed by atoms with Gasteiger partial charge in [-0.3, -0.25) is 10.1 Å². The van der Waals surface area contributed by atoms with Crippen molar-refractivity contribution in [1.82, 2.24) is 20.3 Å². The minimum absolute atomic E-state index is 0.00790. The first kappa shape index (κ1) is 17.3. The van der Waals surface area contributed by atoms with Gasteiger partial charge in [0.1, 0.15) is 12.3 Å². The monoisotopic (exact) mass is 333 g/mol. The van der Waals surface area contributed by atoms with E-state index < -0.39 is 6.09 Å². The summed E-state index contributed by atoms with van der Waals surface area (Å²) in [7, 11) is 2.86. The largest absolute Gasteiger partial charge is 0.497 e. The smallest absolute Gasteiger partial charge is 0.412 e. The van der Waals surface area contributed by atoms with Gasteiger partial charge in [0.2, 0.25) is 5.91 Å². The second-order valence-corrected chi connectivity index (χ2v) is 4.87. The molecule has 1 aromatic carbocycles. The van der Waals surface area contributed by atoms with Crippen molar-refractivity contribution in [2.45, 2.75) is 13.0 Å². The minimum atomic E-state index is -0.648. The number of methoxy groups -OCH3 is 2. The molecule has 0 spiro atoms. The van der Waals surface area contributed by atoms with Crippen molar-refractivity contribution in [3.8, 4) is 5.75 Å². The highest BCUT2D eigenvalue weighted by Crippen LogP contribution is 2.12. The topological polar surface area (TPSA) is 107 Å². The van der Waals surface area contributed by atoms with Gasteiger partial charge in [-0.25, -0.2) is 9.48 Å². The van der Waals surface area contributed by atoms with E-state index in [2.05, 4.69) is 25.7 Å². The van der Waals surface area contributed by atoms with Crippen LogP contribution in [0.15, 0.2) is 30.5 Å². The maximum atomic E-state index is 11.9. The molecule has 2 rings (SSSR count). The number of hydrogen-bond acceptors (Lipinski definition) is 6. The fourth-order valence-corrected chi connectivity index (χ4v) is 1.97. The van der Waals surface area contributed by atoms with Crippen molar-refractivity contribution in [2.75, 3.05) is 26.1 Å². The molecule has 0 aliphatic rings. The summed E-state index contributed by atoms with van der Waals surface area (Å²) in [6.07, 6.45) is 1.48. The van der Waals surface area contributed by atoms with E-state index in [1.165, 1.54) is 18.0 Å². The number of nitrogens with one attached hydrogen (secondary N) is 2. The third-order valence-corrected chi connectivity index (χ3v) is 3.13. The summed E-state index contributed by atoms with van der Waals surface area (Å²) in [5.74, 6) is 0.797. The zero-order chi connectivity index (χ0) is 17.4. The standard InChI is InChI=1S/C15H19N5O4/c1-23-12-5-3-4-11(8-12)6-7-16-14(21)10-20-9-13(18-19-20)17-15(22)24-2/h3-5,8-9H,6-7,10H2,1-2H3,(H,16,21)(H,17,22). The Morgan fingerprint density at radius 1 is 1.29 bits per heavy atom. The molecule has 0 atom stereocenters. The summed E-state index contributed by atoms with van der Waals surface area (Å²) in [5.41, 5.74) is 1.07. The Morgan fingerprint density at radius 3 is 2.88 bits per heavy atom. The molecule has 0 fully saturated rings. The number of hydrogen-bond donors (Lipinski definition) is 2. The van der Waals surface area contributed by atoms with Crippen LogP contribution < -0.4 is 15.4 Å². The SMILES string of the molecule is COC(=O)Nc1cn(CC(=O)NCCc2cccc(OC)c2)nn1. The van der Waals surface area contributed by atoms with Crippen LogP contribution in [-0.2, 0) is 22.5 Å². The second-order valence-electron chi connectivity index (χ2n) is 4.87. The summed E-state index contributed by atoms with van der Waals surface area (Å²) >= 11 is 0. The van der Waals surface area contributed by atoms with Crippen molar-refractivity contribution in [3.63, 3.8) is 0 Å². The molecule has 0 radical (unpaired) electrons. The van der Waals surface area contributed by atoms with E-state index in [1.807, 2.05) is 24.3 Å². The Bertz CT molecular complexity index is 701. The van der Waals surface area contributed by atoms with E-state index >= 15 is 0 Å². The molecule has 0 unspecified atom stereocenters. The van der Waals surface area contributed by atoms with Gasteiger partial charge in [0, 0.05) is 6.54 Å². The van der Waals surface area contributed by atoms with Crippen LogP contribution in [0, 0.1) is 0 Å². The van der Waals surface area contributed by atoms with Crippen molar-refractivity contribution in [3.05, 3.63) is 36.0 Å². The lowest BCUT2D eigenvalue weighted by molar-refractivity contribution is -0.121. The number of amides is 2. The third kappa shape index (κ3) is 5.27. The number of nitrogens with zero attached hydrogens (tertiary/aromatic N) is 3. The number of rotatable bonds is 7. The van der Waals surface area contributed by atoms with E-state index in [0.717, 1.165) is 11.3 Å². The van der Waals surface area contributed by atoms with Crippen LogP contribution >= 0.6 is 0 Å². The van der Waals surface area contributed by atoms with Gasteiger partial charge in [-0.1, -0.05) is 17.3 Å². The molecule has 24 heavy (non-hydrogen) atoms. The van der Waals surface area contributed by atoms with Crippen molar-refractivity contribution in [1.29, 1.82) is 0 Å². The highest BCUT2D eigenvalue weighted by atomic mass is 16.5. The van der Waals surface area contributed by atoms with Crippen LogP contribution in [0.4, 0.5) is 10.6 Å². The molecule has 0 saturated heterocycles. The third-order valence-electron chi connectivity index (χ3n) is 3.13. The predicted octanol–water partition coefficient (Wildman–Crippen LogP) is 0.824. The predicted molar refractivity (Wildman–Crippen MR) is 85.8 cm³/mol. The maximum absolute atomic E-state index is 11.9. The Kier molecular flexibility index (Phi) is 6.12. The van der Waals surface area contributed by atoms with Crippen molar-refractivity contribution < 1.29 is 19.1 Å². The number of ether oxygens (including phenoxy) is 2. The average molecular weight is 333 g/mol. The van der Waals surface area contributed by atoms with Gasteiger partial charge >= 0.3 is 6.09 Å². The first-order chi connectivity index (χ1) is 11.6. The van der Waals surface area contributed by atoms with Gasteiger partial charge in [0.15, 0.2) is 5.82 Å². The number of anilines is 1. The van der Waals surface area contributed by atoms with Gasteiger partial charge < -0.3 is 14.8 Å². The summed E-state index contributed by atoms with van der Waals surface area (Å²) < 4.78 is 10.9. The summed E-state index contributed by atoms with van der Waals surface area (Å²) in [4.78, 5) is 22.9. The maximum Gasteiger partial charge on any atom is 0.412 e. The zero-order valence-electron chi connectivity index (χ0n) is 13.5. The molecule has 128 valence electrons. The first-order valence-corrected chi connectivity index (χ1v) is 7.25. The minimum Gasteiger partial charge on any atom is -0.497 e. The molecule has 0 bridgehead atoms. The Morgan fingerprint density at radius 2 is 2.12 bits per heavy atom. The van der Waals surface area contributed by atoms with Crippen molar-refractivity contribution in [2.24, 2.45) is 0 Å². The lowest BCUT2D eigenvalue weighted by Crippen LogP contribution is -2.29. The molecule has 2 amide bonds. The second kappa shape index (κ2) is 8.51. The molecule has 2 N–H and O–H groups in total. The molecular formula is C15H19N5O4. The van der Waals surface area contributed by atoms with E-state index in [-0.39, 0.29) is 18.3 Å². The van der Waals surface area contributed by atoms with Crippen LogP contribution in [0.5, 0.6) is 5.75 Å². The van der Waals surface area contributed by atoms with Gasteiger partial charge in [0.05, 0.1) is 20.4 Å². The molecule has 0 saturated carbocycles. The number of aromatic nitrogens is 3. The quantitative estimate of drug-likeness (QED) is 0.777. The highest BCUT2D eigenvalue weighted by molar-refractivity contribution is 5.82. The van der Waals surface area contributed by atoms with Gasteiger partial charge in [-0.05, 0) is 24.1 Å². The van der Waals surface area contributed by atoms with Crippen LogP contribution in [-0.4, -0.2) is 47.8 Å². The fraction of sp³-hybridized carbons (Fsp3) is 0.333. The van der Waals surface area contributed by atoms with E-state index in [9.17, 15) is 9.59 Å². The van der Waals surface area contributed by atoms with Gasteiger partial charge in [0.25, 0.3) is 0 Å².